The lowest BCUT2D eigenvalue weighted by Gasteiger charge is -2.16. The van der Waals surface area contributed by atoms with Crippen molar-refractivity contribution in [1.82, 2.24) is 19.1 Å². The fourth-order valence-electron chi connectivity index (χ4n) is 2.50. The number of aromatic nitrogens is 4. The molecule has 0 aromatic carbocycles. The average Bonchev–Trinajstić information content (AvgIpc) is 3.16. The Hall–Kier alpha value is -1.51. The van der Waals surface area contributed by atoms with Crippen LogP contribution >= 0.6 is 27.5 Å². The number of pyridine rings is 1. The zero-order valence-corrected chi connectivity index (χ0v) is 15.4. The van der Waals surface area contributed by atoms with Crippen LogP contribution in [0.3, 0.4) is 0 Å². The van der Waals surface area contributed by atoms with Crippen molar-refractivity contribution in [1.29, 1.82) is 0 Å². The molecule has 0 aliphatic heterocycles. The standard InChI is InChI=1S/C15H18BrN5OS/c1-3-5-11(22-4-2)21-8-9(6-19-21)10-7-18-14(16)12-13(10)23-20-15(12)17/h6-8,11H,3-5H2,1-2H3,(H2,17,20). The molecule has 8 heteroatoms. The Morgan fingerprint density at radius 2 is 2.22 bits per heavy atom. The van der Waals surface area contributed by atoms with E-state index < -0.39 is 0 Å². The van der Waals surface area contributed by atoms with Gasteiger partial charge in [-0.25, -0.2) is 9.67 Å². The van der Waals surface area contributed by atoms with E-state index in [-0.39, 0.29) is 6.23 Å². The van der Waals surface area contributed by atoms with Crippen molar-refractivity contribution in [3.63, 3.8) is 0 Å². The lowest BCUT2D eigenvalue weighted by atomic mass is 10.1. The van der Waals surface area contributed by atoms with E-state index in [1.165, 1.54) is 11.5 Å². The Bertz CT molecular complexity index is 809. The first-order chi connectivity index (χ1) is 11.2. The number of halogens is 1. The smallest absolute Gasteiger partial charge is 0.150 e. The van der Waals surface area contributed by atoms with E-state index in [9.17, 15) is 0 Å². The Labute approximate surface area is 147 Å². The number of anilines is 1. The second-order valence-corrected chi connectivity index (χ2v) is 6.67. The number of fused-ring (bicyclic) bond motifs is 1. The monoisotopic (exact) mass is 395 g/mol. The summed E-state index contributed by atoms with van der Waals surface area (Å²) in [5.41, 5.74) is 7.91. The number of rotatable bonds is 6. The molecule has 1 atom stereocenters. The molecule has 0 bridgehead atoms. The molecule has 6 nitrogen and oxygen atoms in total. The number of nitrogen functional groups attached to an aromatic ring is 1. The Morgan fingerprint density at radius 1 is 1.39 bits per heavy atom. The zero-order valence-electron chi connectivity index (χ0n) is 13.0. The highest BCUT2D eigenvalue weighted by Crippen LogP contribution is 2.37. The van der Waals surface area contributed by atoms with E-state index in [1.54, 1.807) is 0 Å². The van der Waals surface area contributed by atoms with Crippen LogP contribution in [0.15, 0.2) is 23.2 Å². The van der Waals surface area contributed by atoms with Gasteiger partial charge in [-0.1, -0.05) is 13.3 Å². The molecule has 0 fully saturated rings. The molecule has 3 rings (SSSR count). The molecule has 0 saturated heterocycles. The van der Waals surface area contributed by atoms with Crippen LogP contribution in [-0.2, 0) is 4.74 Å². The van der Waals surface area contributed by atoms with Gasteiger partial charge in [0.2, 0.25) is 0 Å². The van der Waals surface area contributed by atoms with Gasteiger partial charge in [-0.2, -0.15) is 9.47 Å². The minimum absolute atomic E-state index is 0.0378. The summed E-state index contributed by atoms with van der Waals surface area (Å²) in [4.78, 5) is 4.38. The van der Waals surface area contributed by atoms with Crippen LogP contribution in [0.2, 0.25) is 0 Å². The van der Waals surface area contributed by atoms with Crippen molar-refractivity contribution in [2.24, 2.45) is 0 Å². The number of ether oxygens (including phenoxy) is 1. The Morgan fingerprint density at radius 3 is 2.96 bits per heavy atom. The Kier molecular flexibility index (Phi) is 4.93. The topological polar surface area (TPSA) is 78.9 Å². The lowest BCUT2D eigenvalue weighted by Crippen LogP contribution is -2.13. The summed E-state index contributed by atoms with van der Waals surface area (Å²) < 4.78 is 13.6. The van der Waals surface area contributed by atoms with Gasteiger partial charge in [0.1, 0.15) is 16.6 Å². The third kappa shape index (κ3) is 3.11. The van der Waals surface area contributed by atoms with Crippen LogP contribution in [0, 0.1) is 0 Å². The second-order valence-electron chi connectivity index (χ2n) is 5.14. The predicted octanol–water partition coefficient (Wildman–Crippen LogP) is 4.23. The number of nitrogens with zero attached hydrogens (tertiary/aromatic N) is 4. The van der Waals surface area contributed by atoms with Gasteiger partial charge in [0, 0.05) is 30.1 Å². The fraction of sp³-hybridized carbons (Fsp3) is 0.400. The summed E-state index contributed by atoms with van der Waals surface area (Å²) in [6.45, 7) is 4.80. The zero-order chi connectivity index (χ0) is 16.4. The SMILES string of the molecule is CCCC(OCC)n1cc(-c2cnc(Br)c3c(N)nsc23)cn1. The largest absolute Gasteiger partial charge is 0.382 e. The lowest BCUT2D eigenvalue weighted by molar-refractivity contribution is -0.00493. The summed E-state index contributed by atoms with van der Waals surface area (Å²) in [6.07, 6.45) is 7.58. The number of hydrogen-bond acceptors (Lipinski definition) is 6. The molecule has 3 aromatic heterocycles. The molecule has 1 unspecified atom stereocenters. The van der Waals surface area contributed by atoms with Crippen LogP contribution in [0.25, 0.3) is 21.2 Å². The van der Waals surface area contributed by atoms with Crippen LogP contribution in [0.5, 0.6) is 0 Å². The minimum Gasteiger partial charge on any atom is -0.382 e. The van der Waals surface area contributed by atoms with E-state index in [4.69, 9.17) is 10.5 Å². The molecular weight excluding hydrogens is 378 g/mol. The third-order valence-corrected chi connectivity index (χ3v) is 5.07. The quantitative estimate of drug-likeness (QED) is 0.631. The van der Waals surface area contributed by atoms with Gasteiger partial charge in [0.25, 0.3) is 0 Å². The normalized spacial score (nSPS) is 12.8. The molecule has 23 heavy (non-hydrogen) atoms. The van der Waals surface area contributed by atoms with E-state index in [0.717, 1.165) is 34.1 Å². The average molecular weight is 396 g/mol. The van der Waals surface area contributed by atoms with E-state index >= 15 is 0 Å². The highest BCUT2D eigenvalue weighted by Gasteiger charge is 2.17. The highest BCUT2D eigenvalue weighted by atomic mass is 79.9. The maximum atomic E-state index is 5.95. The van der Waals surface area contributed by atoms with E-state index in [2.05, 4.69) is 37.3 Å². The first kappa shape index (κ1) is 16.4. The maximum absolute atomic E-state index is 5.95. The van der Waals surface area contributed by atoms with Crippen molar-refractivity contribution in [2.75, 3.05) is 12.3 Å². The van der Waals surface area contributed by atoms with Gasteiger partial charge in [-0.3, -0.25) is 0 Å². The Balaban J connectivity index is 2.02. The van der Waals surface area contributed by atoms with Gasteiger partial charge < -0.3 is 10.5 Å². The summed E-state index contributed by atoms with van der Waals surface area (Å²) in [5, 5.41) is 5.33. The summed E-state index contributed by atoms with van der Waals surface area (Å²) in [7, 11) is 0. The molecule has 0 aliphatic rings. The number of hydrogen-bond donors (Lipinski definition) is 1. The highest BCUT2D eigenvalue weighted by molar-refractivity contribution is 9.10. The molecule has 122 valence electrons. The van der Waals surface area contributed by atoms with E-state index in [1.807, 2.05) is 30.2 Å². The van der Waals surface area contributed by atoms with Crippen LogP contribution in [0.4, 0.5) is 5.82 Å². The minimum atomic E-state index is -0.0378. The molecule has 0 amide bonds. The van der Waals surface area contributed by atoms with Crippen molar-refractivity contribution < 1.29 is 4.74 Å². The molecule has 0 aliphatic carbocycles. The molecule has 0 spiro atoms. The summed E-state index contributed by atoms with van der Waals surface area (Å²) in [5.74, 6) is 0.497. The third-order valence-electron chi connectivity index (χ3n) is 3.58. The van der Waals surface area contributed by atoms with Crippen LogP contribution in [-0.4, -0.2) is 25.7 Å². The van der Waals surface area contributed by atoms with Crippen molar-refractivity contribution in [2.45, 2.75) is 32.9 Å². The van der Waals surface area contributed by atoms with Crippen molar-refractivity contribution >= 4 is 43.4 Å². The van der Waals surface area contributed by atoms with Crippen molar-refractivity contribution in [3.05, 3.63) is 23.2 Å². The second kappa shape index (κ2) is 6.94. The fourth-order valence-corrected chi connectivity index (χ4v) is 3.98. The maximum Gasteiger partial charge on any atom is 0.150 e. The first-order valence-electron chi connectivity index (χ1n) is 7.51. The summed E-state index contributed by atoms with van der Waals surface area (Å²) in [6, 6.07) is 0. The van der Waals surface area contributed by atoms with Gasteiger partial charge in [-0.15, -0.1) is 0 Å². The van der Waals surface area contributed by atoms with Gasteiger partial charge in [0.05, 0.1) is 16.3 Å². The van der Waals surface area contributed by atoms with E-state index in [0.29, 0.717) is 17.0 Å². The van der Waals surface area contributed by atoms with Gasteiger partial charge >= 0.3 is 0 Å². The molecule has 3 heterocycles. The molecule has 3 aromatic rings. The van der Waals surface area contributed by atoms with Crippen LogP contribution in [0.1, 0.15) is 32.9 Å². The molecular formula is C15H18BrN5OS. The number of nitrogens with two attached hydrogens (primary N) is 1. The first-order valence-corrected chi connectivity index (χ1v) is 9.07. The van der Waals surface area contributed by atoms with Gasteiger partial charge in [0.15, 0.2) is 0 Å². The summed E-state index contributed by atoms with van der Waals surface area (Å²) >= 11 is 4.81. The van der Waals surface area contributed by atoms with Crippen molar-refractivity contribution in [3.8, 4) is 11.1 Å². The molecule has 0 radical (unpaired) electrons. The molecule has 0 saturated carbocycles. The van der Waals surface area contributed by atoms with Gasteiger partial charge in [-0.05, 0) is 40.8 Å². The predicted molar refractivity (Wildman–Crippen MR) is 96.3 cm³/mol. The molecule has 2 N–H and O–H groups in total. The van der Waals surface area contributed by atoms with Crippen LogP contribution < -0.4 is 5.73 Å².